The molecule has 4 N–H and O–H groups in total. The van der Waals surface area contributed by atoms with Crippen molar-refractivity contribution in [3.8, 4) is 0 Å². The number of nitrogens with two attached hydrogens (primary N) is 1. The Morgan fingerprint density at radius 1 is 1.50 bits per heavy atom. The van der Waals surface area contributed by atoms with E-state index < -0.39 is 23.9 Å². The zero-order valence-electron chi connectivity index (χ0n) is 8.85. The van der Waals surface area contributed by atoms with E-state index in [0.717, 1.165) is 0 Å². The maximum Gasteiger partial charge on any atom is 0.220 e. The van der Waals surface area contributed by atoms with Gasteiger partial charge in [0.2, 0.25) is 5.91 Å². The molecule has 16 heavy (non-hydrogen) atoms. The van der Waals surface area contributed by atoms with E-state index in [9.17, 15) is 19.4 Å². The molecule has 0 aliphatic rings. The summed E-state index contributed by atoms with van der Waals surface area (Å²) >= 11 is 0. The molecule has 0 saturated heterocycles. The van der Waals surface area contributed by atoms with Crippen LogP contribution in [0.3, 0.4) is 0 Å². The lowest BCUT2D eigenvalue weighted by Crippen LogP contribution is -2.26. The SMILES string of the molecule is Cc1cc(F)ccc1C(O)C(O)CC(N)=O. The van der Waals surface area contributed by atoms with Crippen LogP contribution in [0, 0.1) is 12.7 Å². The van der Waals surface area contributed by atoms with Crippen LogP contribution in [0.5, 0.6) is 0 Å². The van der Waals surface area contributed by atoms with Gasteiger partial charge in [0.15, 0.2) is 0 Å². The molecule has 88 valence electrons. The fourth-order valence-corrected chi connectivity index (χ4v) is 1.50. The minimum absolute atomic E-state index is 0.335. The van der Waals surface area contributed by atoms with E-state index >= 15 is 0 Å². The number of primary amides is 1. The molecule has 4 nitrogen and oxygen atoms in total. The number of aliphatic hydroxyl groups excluding tert-OH is 2. The van der Waals surface area contributed by atoms with Gasteiger partial charge in [0.05, 0.1) is 12.5 Å². The molecule has 0 radical (unpaired) electrons. The predicted molar refractivity (Wildman–Crippen MR) is 55.9 cm³/mol. The Morgan fingerprint density at radius 3 is 2.62 bits per heavy atom. The van der Waals surface area contributed by atoms with Crippen LogP contribution in [0.2, 0.25) is 0 Å². The van der Waals surface area contributed by atoms with Gasteiger partial charge in [0.1, 0.15) is 11.9 Å². The van der Waals surface area contributed by atoms with Crippen LogP contribution in [0.4, 0.5) is 4.39 Å². The van der Waals surface area contributed by atoms with Crippen LogP contribution >= 0.6 is 0 Å². The Morgan fingerprint density at radius 2 is 2.12 bits per heavy atom. The van der Waals surface area contributed by atoms with Crippen LogP contribution < -0.4 is 5.73 Å². The summed E-state index contributed by atoms with van der Waals surface area (Å²) in [6.07, 6.45) is -2.85. The molecule has 0 saturated carbocycles. The van der Waals surface area contributed by atoms with Gasteiger partial charge in [-0.25, -0.2) is 4.39 Å². The van der Waals surface area contributed by atoms with Crippen molar-refractivity contribution in [3.05, 3.63) is 35.1 Å². The van der Waals surface area contributed by atoms with E-state index in [-0.39, 0.29) is 6.42 Å². The van der Waals surface area contributed by atoms with Gasteiger partial charge in [0.25, 0.3) is 0 Å². The van der Waals surface area contributed by atoms with Crippen molar-refractivity contribution in [2.24, 2.45) is 5.73 Å². The zero-order chi connectivity index (χ0) is 12.3. The summed E-state index contributed by atoms with van der Waals surface area (Å²) in [5, 5.41) is 19.2. The molecule has 2 atom stereocenters. The molecule has 0 bridgehead atoms. The highest BCUT2D eigenvalue weighted by Gasteiger charge is 2.21. The second kappa shape index (κ2) is 5.05. The van der Waals surface area contributed by atoms with Crippen molar-refractivity contribution in [1.82, 2.24) is 0 Å². The molecule has 0 fully saturated rings. The molecular weight excluding hydrogens is 213 g/mol. The number of aryl methyl sites for hydroxylation is 1. The lowest BCUT2D eigenvalue weighted by atomic mass is 9.97. The van der Waals surface area contributed by atoms with Crippen LogP contribution in [0.25, 0.3) is 0 Å². The Kier molecular flexibility index (Phi) is 3.98. The smallest absolute Gasteiger partial charge is 0.220 e. The molecule has 1 rings (SSSR count). The summed E-state index contributed by atoms with van der Waals surface area (Å²) in [5.41, 5.74) is 5.80. The van der Waals surface area contributed by atoms with Crippen molar-refractivity contribution in [1.29, 1.82) is 0 Å². The molecule has 0 aliphatic carbocycles. The maximum absolute atomic E-state index is 12.8. The van der Waals surface area contributed by atoms with Crippen molar-refractivity contribution < 1.29 is 19.4 Å². The number of halogens is 1. The number of carbonyl (C=O) groups is 1. The Labute approximate surface area is 92.5 Å². The molecule has 2 unspecified atom stereocenters. The molecule has 1 aromatic rings. The Bertz CT molecular complexity index is 395. The quantitative estimate of drug-likeness (QED) is 0.696. The molecular formula is C11H14FNO3. The Hall–Kier alpha value is -1.46. The van der Waals surface area contributed by atoms with Crippen molar-refractivity contribution in [2.75, 3.05) is 0 Å². The first kappa shape index (κ1) is 12.6. The van der Waals surface area contributed by atoms with E-state index in [0.29, 0.717) is 11.1 Å². The zero-order valence-corrected chi connectivity index (χ0v) is 8.85. The minimum Gasteiger partial charge on any atom is -0.390 e. The van der Waals surface area contributed by atoms with Crippen LogP contribution in [-0.4, -0.2) is 22.2 Å². The second-order valence-electron chi connectivity index (χ2n) is 3.68. The van der Waals surface area contributed by atoms with Crippen molar-refractivity contribution >= 4 is 5.91 Å². The normalized spacial score (nSPS) is 14.5. The predicted octanol–water partition coefficient (Wildman–Crippen LogP) is 0.404. The summed E-state index contributed by atoms with van der Waals surface area (Å²) in [6, 6.07) is 3.80. The summed E-state index contributed by atoms with van der Waals surface area (Å²) in [4.78, 5) is 10.6. The van der Waals surface area contributed by atoms with Crippen LogP contribution in [-0.2, 0) is 4.79 Å². The van der Waals surface area contributed by atoms with E-state index in [1.54, 1.807) is 6.92 Å². The van der Waals surface area contributed by atoms with Crippen molar-refractivity contribution in [3.63, 3.8) is 0 Å². The fourth-order valence-electron chi connectivity index (χ4n) is 1.50. The number of carbonyl (C=O) groups excluding carboxylic acids is 1. The number of benzene rings is 1. The summed E-state index contributed by atoms with van der Waals surface area (Å²) in [7, 11) is 0. The molecule has 0 spiro atoms. The van der Waals surface area contributed by atoms with Gasteiger partial charge >= 0.3 is 0 Å². The highest BCUT2D eigenvalue weighted by molar-refractivity contribution is 5.74. The molecule has 1 aromatic carbocycles. The van der Waals surface area contributed by atoms with Gasteiger partial charge in [0, 0.05) is 0 Å². The van der Waals surface area contributed by atoms with E-state index in [1.165, 1.54) is 18.2 Å². The van der Waals surface area contributed by atoms with Crippen molar-refractivity contribution in [2.45, 2.75) is 25.6 Å². The van der Waals surface area contributed by atoms with E-state index in [2.05, 4.69) is 0 Å². The summed E-state index contributed by atoms with van der Waals surface area (Å²) < 4.78 is 12.8. The first-order valence-electron chi connectivity index (χ1n) is 4.82. The first-order chi connectivity index (χ1) is 7.41. The average molecular weight is 227 g/mol. The maximum atomic E-state index is 12.8. The van der Waals surface area contributed by atoms with Crippen LogP contribution in [0.15, 0.2) is 18.2 Å². The molecule has 0 aliphatic heterocycles. The summed E-state index contributed by atoms with van der Waals surface area (Å²) in [6.45, 7) is 1.61. The topological polar surface area (TPSA) is 83.6 Å². The van der Waals surface area contributed by atoms with Gasteiger partial charge in [-0.3, -0.25) is 4.79 Å². The van der Waals surface area contributed by atoms with Gasteiger partial charge in [-0.05, 0) is 30.2 Å². The first-order valence-corrected chi connectivity index (χ1v) is 4.82. The minimum atomic E-state index is -1.28. The number of hydrogen-bond donors (Lipinski definition) is 3. The molecule has 0 aromatic heterocycles. The van der Waals surface area contributed by atoms with Gasteiger partial charge in [-0.2, -0.15) is 0 Å². The third-order valence-electron chi connectivity index (χ3n) is 2.33. The molecule has 0 heterocycles. The van der Waals surface area contributed by atoms with Gasteiger partial charge in [-0.1, -0.05) is 6.07 Å². The van der Waals surface area contributed by atoms with Crippen LogP contribution in [0.1, 0.15) is 23.7 Å². The average Bonchev–Trinajstić information content (AvgIpc) is 2.15. The van der Waals surface area contributed by atoms with E-state index in [1.807, 2.05) is 0 Å². The second-order valence-corrected chi connectivity index (χ2v) is 3.68. The van der Waals surface area contributed by atoms with Gasteiger partial charge < -0.3 is 15.9 Å². The lowest BCUT2D eigenvalue weighted by Gasteiger charge is -2.18. The van der Waals surface area contributed by atoms with Gasteiger partial charge in [-0.15, -0.1) is 0 Å². The highest BCUT2D eigenvalue weighted by atomic mass is 19.1. The summed E-state index contributed by atoms with van der Waals surface area (Å²) in [5.74, 6) is -1.12. The Balaban J connectivity index is 2.87. The van der Waals surface area contributed by atoms with E-state index in [4.69, 9.17) is 5.73 Å². The highest BCUT2D eigenvalue weighted by Crippen LogP contribution is 2.22. The standard InChI is InChI=1S/C11H14FNO3/c1-6-4-7(12)2-3-8(6)11(16)9(14)5-10(13)15/h2-4,9,11,14,16H,5H2,1H3,(H2,13,15). The number of amides is 1. The number of aliphatic hydroxyl groups is 2. The number of hydrogen-bond acceptors (Lipinski definition) is 3. The largest absolute Gasteiger partial charge is 0.390 e. The lowest BCUT2D eigenvalue weighted by molar-refractivity contribution is -0.121. The molecule has 5 heteroatoms. The third-order valence-corrected chi connectivity index (χ3v) is 2.33. The fraction of sp³-hybridized carbons (Fsp3) is 0.364. The number of rotatable bonds is 4. The third kappa shape index (κ3) is 3.01. The molecule has 1 amide bonds. The monoisotopic (exact) mass is 227 g/mol.